The summed E-state index contributed by atoms with van der Waals surface area (Å²) in [6.07, 6.45) is 0. The number of hydrogen-bond acceptors (Lipinski definition) is 8. The molecule has 0 saturated carbocycles. The van der Waals surface area contributed by atoms with Gasteiger partial charge in [0.25, 0.3) is 11.6 Å². The molecule has 1 heterocycles. The Bertz CT molecular complexity index is 1100. The SMILES string of the molecule is Cc1cc(C)cc(C(=O)Nc2nnc(SCC(=O)Nc3cccc([N+](=O)[O-])c3)s2)c1. The van der Waals surface area contributed by atoms with E-state index in [0.717, 1.165) is 34.2 Å². The lowest BCUT2D eigenvalue weighted by atomic mass is 10.1. The minimum atomic E-state index is -0.528. The van der Waals surface area contributed by atoms with Crippen LogP contribution in [-0.4, -0.2) is 32.7 Å². The van der Waals surface area contributed by atoms with Gasteiger partial charge in [-0.3, -0.25) is 25.0 Å². The van der Waals surface area contributed by atoms with E-state index in [1.807, 2.05) is 19.9 Å². The number of nitrogens with zero attached hydrogens (tertiary/aromatic N) is 3. The summed E-state index contributed by atoms with van der Waals surface area (Å²) >= 11 is 2.31. The number of carbonyl (C=O) groups excluding carboxylic acids is 2. The Morgan fingerprint density at radius 3 is 2.53 bits per heavy atom. The molecule has 2 amide bonds. The lowest BCUT2D eigenvalue weighted by Gasteiger charge is -2.04. The second kappa shape index (κ2) is 9.46. The minimum Gasteiger partial charge on any atom is -0.325 e. The highest BCUT2D eigenvalue weighted by atomic mass is 32.2. The van der Waals surface area contributed by atoms with Crippen molar-refractivity contribution in [3.63, 3.8) is 0 Å². The summed E-state index contributed by atoms with van der Waals surface area (Å²) in [5, 5.41) is 24.3. The normalized spacial score (nSPS) is 10.5. The number of carbonyl (C=O) groups is 2. The van der Waals surface area contributed by atoms with Gasteiger partial charge in [-0.2, -0.15) is 0 Å². The van der Waals surface area contributed by atoms with Crippen LogP contribution in [0.4, 0.5) is 16.5 Å². The number of nitrogens with one attached hydrogen (secondary N) is 2. The Hall–Kier alpha value is -3.31. The van der Waals surface area contributed by atoms with E-state index in [0.29, 0.717) is 20.7 Å². The molecule has 2 aromatic carbocycles. The van der Waals surface area contributed by atoms with Crippen LogP contribution in [0.5, 0.6) is 0 Å². The monoisotopic (exact) mass is 443 g/mol. The lowest BCUT2D eigenvalue weighted by molar-refractivity contribution is -0.384. The van der Waals surface area contributed by atoms with Crippen LogP contribution in [0.25, 0.3) is 0 Å². The summed E-state index contributed by atoms with van der Waals surface area (Å²) in [6, 6.07) is 11.3. The van der Waals surface area contributed by atoms with Crippen molar-refractivity contribution in [2.24, 2.45) is 0 Å². The van der Waals surface area contributed by atoms with Crippen LogP contribution < -0.4 is 10.6 Å². The maximum atomic E-state index is 12.4. The van der Waals surface area contributed by atoms with Crippen LogP contribution in [0.15, 0.2) is 46.8 Å². The van der Waals surface area contributed by atoms with E-state index in [1.54, 1.807) is 18.2 Å². The van der Waals surface area contributed by atoms with Gasteiger partial charge in [-0.25, -0.2) is 0 Å². The molecule has 0 atom stereocenters. The van der Waals surface area contributed by atoms with Crippen LogP contribution in [0.1, 0.15) is 21.5 Å². The summed E-state index contributed by atoms with van der Waals surface area (Å²) in [5.74, 6) is -0.572. The number of amides is 2. The maximum Gasteiger partial charge on any atom is 0.271 e. The Balaban J connectivity index is 1.54. The van der Waals surface area contributed by atoms with Gasteiger partial charge in [0, 0.05) is 23.4 Å². The Morgan fingerprint density at radius 2 is 1.83 bits per heavy atom. The number of rotatable bonds is 7. The molecule has 0 bridgehead atoms. The van der Waals surface area contributed by atoms with Gasteiger partial charge in [-0.15, -0.1) is 10.2 Å². The van der Waals surface area contributed by atoms with E-state index in [4.69, 9.17) is 0 Å². The fourth-order valence-corrected chi connectivity index (χ4v) is 4.16. The molecule has 154 valence electrons. The fourth-order valence-electron chi connectivity index (χ4n) is 2.62. The molecule has 9 nitrogen and oxygen atoms in total. The molecule has 3 aromatic rings. The first-order valence-electron chi connectivity index (χ1n) is 8.70. The molecule has 2 N–H and O–H groups in total. The molecule has 0 unspecified atom stereocenters. The summed E-state index contributed by atoms with van der Waals surface area (Å²) < 4.78 is 0.514. The quantitative estimate of drug-likeness (QED) is 0.244. The minimum absolute atomic E-state index is 0.0440. The van der Waals surface area contributed by atoms with Gasteiger partial charge >= 0.3 is 0 Å². The zero-order chi connectivity index (χ0) is 21.7. The van der Waals surface area contributed by atoms with Gasteiger partial charge in [0.1, 0.15) is 0 Å². The summed E-state index contributed by atoms with van der Waals surface area (Å²) in [7, 11) is 0. The smallest absolute Gasteiger partial charge is 0.271 e. The fraction of sp³-hybridized carbons (Fsp3) is 0.158. The molecule has 0 aliphatic rings. The Labute approximate surface area is 180 Å². The van der Waals surface area contributed by atoms with E-state index < -0.39 is 4.92 Å². The maximum absolute atomic E-state index is 12.4. The number of benzene rings is 2. The van der Waals surface area contributed by atoms with Crippen LogP contribution >= 0.6 is 23.1 Å². The van der Waals surface area contributed by atoms with Gasteiger partial charge < -0.3 is 5.32 Å². The van der Waals surface area contributed by atoms with Crippen molar-refractivity contribution < 1.29 is 14.5 Å². The summed E-state index contributed by atoms with van der Waals surface area (Å²) in [6.45, 7) is 3.84. The predicted octanol–water partition coefficient (Wildman–Crippen LogP) is 4.05. The van der Waals surface area contributed by atoms with E-state index in [1.165, 1.54) is 18.2 Å². The Kier molecular flexibility index (Phi) is 6.75. The molecular weight excluding hydrogens is 426 g/mol. The van der Waals surface area contributed by atoms with Crippen molar-refractivity contribution in [3.8, 4) is 0 Å². The van der Waals surface area contributed by atoms with Crippen LogP contribution in [-0.2, 0) is 4.79 Å². The third-order valence-corrected chi connectivity index (χ3v) is 5.75. The van der Waals surface area contributed by atoms with Gasteiger partial charge in [0.15, 0.2) is 4.34 Å². The largest absolute Gasteiger partial charge is 0.325 e. The van der Waals surface area contributed by atoms with E-state index >= 15 is 0 Å². The van der Waals surface area contributed by atoms with Crippen LogP contribution in [0.3, 0.4) is 0 Å². The number of hydrogen-bond donors (Lipinski definition) is 2. The van der Waals surface area contributed by atoms with Crippen molar-refractivity contribution in [2.75, 3.05) is 16.4 Å². The molecule has 0 spiro atoms. The molecule has 0 fully saturated rings. The number of nitro groups is 1. The lowest BCUT2D eigenvalue weighted by Crippen LogP contribution is -2.14. The summed E-state index contributed by atoms with van der Waals surface area (Å²) in [4.78, 5) is 34.7. The molecular formula is C19H17N5O4S2. The van der Waals surface area contributed by atoms with E-state index in [-0.39, 0.29) is 23.3 Å². The van der Waals surface area contributed by atoms with Crippen molar-refractivity contribution in [1.29, 1.82) is 0 Å². The van der Waals surface area contributed by atoms with Gasteiger partial charge in [-0.1, -0.05) is 46.4 Å². The van der Waals surface area contributed by atoms with E-state index in [9.17, 15) is 19.7 Å². The van der Waals surface area contributed by atoms with Gasteiger partial charge in [0.2, 0.25) is 11.0 Å². The molecule has 0 radical (unpaired) electrons. The molecule has 30 heavy (non-hydrogen) atoms. The van der Waals surface area contributed by atoms with Crippen molar-refractivity contribution >= 4 is 51.4 Å². The third kappa shape index (κ3) is 5.84. The van der Waals surface area contributed by atoms with Gasteiger partial charge in [0.05, 0.1) is 10.7 Å². The zero-order valence-corrected chi connectivity index (χ0v) is 17.7. The standard InChI is InChI=1S/C19H17N5O4S2/c1-11-6-12(2)8-13(7-11)17(26)21-18-22-23-19(30-18)29-10-16(25)20-14-4-3-5-15(9-14)24(27)28/h3-9H,10H2,1-2H3,(H,20,25)(H,21,22,26). The number of thioether (sulfide) groups is 1. The topological polar surface area (TPSA) is 127 Å². The molecule has 0 aliphatic heterocycles. The Morgan fingerprint density at radius 1 is 1.10 bits per heavy atom. The highest BCUT2D eigenvalue weighted by Crippen LogP contribution is 2.26. The highest BCUT2D eigenvalue weighted by Gasteiger charge is 2.13. The number of non-ortho nitro benzene ring substituents is 1. The van der Waals surface area contributed by atoms with Crippen molar-refractivity contribution in [3.05, 3.63) is 69.3 Å². The number of aromatic nitrogens is 2. The van der Waals surface area contributed by atoms with Crippen LogP contribution in [0, 0.1) is 24.0 Å². The highest BCUT2D eigenvalue weighted by molar-refractivity contribution is 8.01. The molecule has 3 rings (SSSR count). The van der Waals surface area contributed by atoms with E-state index in [2.05, 4.69) is 20.8 Å². The van der Waals surface area contributed by atoms with Gasteiger partial charge in [-0.05, 0) is 32.0 Å². The van der Waals surface area contributed by atoms with Crippen molar-refractivity contribution in [1.82, 2.24) is 10.2 Å². The predicted molar refractivity (Wildman–Crippen MR) is 116 cm³/mol. The molecule has 1 aromatic heterocycles. The second-order valence-corrected chi connectivity index (χ2v) is 8.55. The third-order valence-electron chi connectivity index (χ3n) is 3.78. The number of aryl methyl sites for hydroxylation is 2. The molecule has 11 heteroatoms. The first kappa shape index (κ1) is 21.4. The van der Waals surface area contributed by atoms with Crippen LogP contribution in [0.2, 0.25) is 0 Å². The molecule has 0 saturated heterocycles. The zero-order valence-electron chi connectivity index (χ0n) is 16.0. The first-order valence-corrected chi connectivity index (χ1v) is 10.5. The average molecular weight is 444 g/mol. The number of nitro benzene ring substituents is 1. The first-order chi connectivity index (χ1) is 14.3. The molecule has 0 aliphatic carbocycles. The average Bonchev–Trinajstić information content (AvgIpc) is 3.13. The second-order valence-electron chi connectivity index (χ2n) is 6.35. The van der Waals surface area contributed by atoms with Crippen molar-refractivity contribution in [2.45, 2.75) is 18.2 Å². The number of anilines is 2. The summed E-state index contributed by atoms with van der Waals surface area (Å²) in [5.41, 5.74) is 2.75.